The van der Waals surface area contributed by atoms with Gasteiger partial charge in [0.25, 0.3) is 0 Å². The first kappa shape index (κ1) is 10.9. The molecule has 0 unspecified atom stereocenters. The van der Waals surface area contributed by atoms with Gasteiger partial charge in [-0.15, -0.1) is 0 Å². The molecule has 0 spiro atoms. The number of oxazole rings is 1. The maximum Gasteiger partial charge on any atom is 0.226 e. The van der Waals surface area contributed by atoms with Crippen molar-refractivity contribution in [2.24, 2.45) is 0 Å². The van der Waals surface area contributed by atoms with Crippen LogP contribution in [0.15, 0.2) is 34.7 Å². The van der Waals surface area contributed by atoms with E-state index in [-0.39, 0.29) is 0 Å². The molecule has 0 bridgehead atoms. The molecule has 2 rings (SSSR count). The van der Waals surface area contributed by atoms with E-state index in [9.17, 15) is 0 Å². The van der Waals surface area contributed by atoms with E-state index in [1.54, 1.807) is 0 Å². The van der Waals surface area contributed by atoms with Crippen LogP contribution >= 0.6 is 0 Å². The van der Waals surface area contributed by atoms with Crippen LogP contribution in [-0.2, 0) is 6.42 Å². The van der Waals surface area contributed by atoms with Crippen LogP contribution in [0, 0.1) is 6.92 Å². The lowest BCUT2D eigenvalue weighted by Crippen LogP contribution is -1.84. The van der Waals surface area contributed by atoms with E-state index in [1.807, 2.05) is 37.3 Å². The van der Waals surface area contributed by atoms with Gasteiger partial charge in [-0.25, -0.2) is 4.98 Å². The van der Waals surface area contributed by atoms with Gasteiger partial charge in [-0.2, -0.15) is 0 Å². The maximum absolute atomic E-state index is 5.79. The minimum Gasteiger partial charge on any atom is -0.441 e. The number of aromatic nitrogens is 1. The van der Waals surface area contributed by atoms with Crippen molar-refractivity contribution in [3.8, 4) is 11.5 Å². The first-order valence-corrected chi connectivity index (χ1v) is 5.83. The summed E-state index contributed by atoms with van der Waals surface area (Å²) in [5.74, 6) is 1.77. The summed E-state index contributed by atoms with van der Waals surface area (Å²) in [4.78, 5) is 4.47. The van der Waals surface area contributed by atoms with Crippen LogP contribution in [0.2, 0.25) is 0 Å². The highest BCUT2D eigenvalue weighted by atomic mass is 16.4. The second-order valence-corrected chi connectivity index (χ2v) is 4.00. The third-order valence-electron chi connectivity index (χ3n) is 2.67. The van der Waals surface area contributed by atoms with E-state index >= 15 is 0 Å². The standard InChI is InChI=1S/C14H17NO/c1-3-4-10-13-11(2)15-14(16-13)12-8-6-5-7-9-12/h5-9H,3-4,10H2,1-2H3. The summed E-state index contributed by atoms with van der Waals surface area (Å²) in [5, 5.41) is 0. The highest BCUT2D eigenvalue weighted by molar-refractivity contribution is 5.53. The van der Waals surface area contributed by atoms with Gasteiger partial charge in [0.15, 0.2) is 0 Å². The fourth-order valence-corrected chi connectivity index (χ4v) is 1.70. The monoisotopic (exact) mass is 215 g/mol. The lowest BCUT2D eigenvalue weighted by atomic mass is 10.2. The zero-order valence-electron chi connectivity index (χ0n) is 9.86. The minimum absolute atomic E-state index is 0.740. The van der Waals surface area contributed by atoms with Gasteiger partial charge in [0, 0.05) is 12.0 Å². The zero-order valence-corrected chi connectivity index (χ0v) is 9.86. The summed E-state index contributed by atoms with van der Waals surface area (Å²) >= 11 is 0. The summed E-state index contributed by atoms with van der Waals surface area (Å²) in [6.45, 7) is 4.20. The van der Waals surface area contributed by atoms with Gasteiger partial charge in [-0.1, -0.05) is 31.5 Å². The van der Waals surface area contributed by atoms with Crippen molar-refractivity contribution in [1.82, 2.24) is 4.98 Å². The van der Waals surface area contributed by atoms with E-state index in [4.69, 9.17) is 4.42 Å². The van der Waals surface area contributed by atoms with Crippen molar-refractivity contribution in [2.45, 2.75) is 33.1 Å². The summed E-state index contributed by atoms with van der Waals surface area (Å²) < 4.78 is 5.79. The molecule has 1 aromatic heterocycles. The highest BCUT2D eigenvalue weighted by Gasteiger charge is 2.10. The molecule has 0 atom stereocenters. The molecule has 0 N–H and O–H groups in total. The van der Waals surface area contributed by atoms with E-state index < -0.39 is 0 Å². The molecule has 1 heterocycles. The molecule has 2 aromatic rings. The van der Waals surface area contributed by atoms with Crippen molar-refractivity contribution in [3.05, 3.63) is 41.8 Å². The van der Waals surface area contributed by atoms with E-state index in [1.165, 1.54) is 6.42 Å². The number of nitrogens with zero attached hydrogens (tertiary/aromatic N) is 1. The van der Waals surface area contributed by atoms with Gasteiger partial charge in [0.2, 0.25) is 5.89 Å². The lowest BCUT2D eigenvalue weighted by molar-refractivity contribution is 0.506. The predicted molar refractivity (Wildman–Crippen MR) is 65.3 cm³/mol. The Balaban J connectivity index is 2.24. The molecule has 0 radical (unpaired) electrons. The molecule has 0 saturated carbocycles. The van der Waals surface area contributed by atoms with Crippen LogP contribution in [0.4, 0.5) is 0 Å². The molecule has 0 fully saturated rings. The van der Waals surface area contributed by atoms with Crippen LogP contribution in [-0.4, -0.2) is 4.98 Å². The fraction of sp³-hybridized carbons (Fsp3) is 0.357. The molecule has 0 saturated heterocycles. The summed E-state index contributed by atoms with van der Waals surface area (Å²) in [6.07, 6.45) is 3.33. The number of benzene rings is 1. The van der Waals surface area contributed by atoms with Crippen molar-refractivity contribution in [1.29, 1.82) is 0 Å². The molecular formula is C14H17NO. The van der Waals surface area contributed by atoms with Gasteiger partial charge in [0.05, 0.1) is 5.69 Å². The highest BCUT2D eigenvalue weighted by Crippen LogP contribution is 2.22. The normalized spacial score (nSPS) is 10.6. The van der Waals surface area contributed by atoms with E-state index in [2.05, 4.69) is 11.9 Å². The van der Waals surface area contributed by atoms with Crippen LogP contribution in [0.1, 0.15) is 31.2 Å². The van der Waals surface area contributed by atoms with Crippen molar-refractivity contribution < 1.29 is 4.42 Å². The molecule has 0 aliphatic rings. The summed E-state index contributed by atoms with van der Waals surface area (Å²) in [7, 11) is 0. The second kappa shape index (κ2) is 4.97. The number of hydrogen-bond acceptors (Lipinski definition) is 2. The average Bonchev–Trinajstić information content (AvgIpc) is 2.69. The van der Waals surface area contributed by atoms with Crippen LogP contribution < -0.4 is 0 Å². The Morgan fingerprint density at radius 2 is 1.94 bits per heavy atom. The molecule has 84 valence electrons. The molecule has 16 heavy (non-hydrogen) atoms. The van der Waals surface area contributed by atoms with E-state index in [0.717, 1.165) is 35.7 Å². The third-order valence-corrected chi connectivity index (χ3v) is 2.67. The maximum atomic E-state index is 5.79. The summed E-state index contributed by atoms with van der Waals surface area (Å²) in [5.41, 5.74) is 2.07. The van der Waals surface area contributed by atoms with Gasteiger partial charge in [-0.3, -0.25) is 0 Å². The third kappa shape index (κ3) is 2.32. The molecule has 0 amide bonds. The van der Waals surface area contributed by atoms with Gasteiger partial charge in [-0.05, 0) is 25.5 Å². The second-order valence-electron chi connectivity index (χ2n) is 4.00. The first-order valence-electron chi connectivity index (χ1n) is 5.83. The summed E-state index contributed by atoms with van der Waals surface area (Å²) in [6, 6.07) is 10.0. The molecule has 0 aliphatic heterocycles. The molecule has 1 aromatic carbocycles. The molecule has 2 heteroatoms. The van der Waals surface area contributed by atoms with Crippen molar-refractivity contribution >= 4 is 0 Å². The smallest absolute Gasteiger partial charge is 0.226 e. The quantitative estimate of drug-likeness (QED) is 0.770. The minimum atomic E-state index is 0.740. The lowest BCUT2D eigenvalue weighted by Gasteiger charge is -1.95. The number of aryl methyl sites for hydroxylation is 2. The Hall–Kier alpha value is -1.57. The van der Waals surface area contributed by atoms with Crippen LogP contribution in [0.5, 0.6) is 0 Å². The van der Waals surface area contributed by atoms with Crippen molar-refractivity contribution in [2.75, 3.05) is 0 Å². The largest absolute Gasteiger partial charge is 0.441 e. The molecular weight excluding hydrogens is 198 g/mol. The Kier molecular flexibility index (Phi) is 3.40. The van der Waals surface area contributed by atoms with E-state index in [0.29, 0.717) is 0 Å². The Morgan fingerprint density at radius 3 is 2.62 bits per heavy atom. The van der Waals surface area contributed by atoms with Crippen molar-refractivity contribution in [3.63, 3.8) is 0 Å². The first-order chi connectivity index (χ1) is 7.81. The SMILES string of the molecule is CCCCc1oc(-c2ccccc2)nc1C. The number of unbranched alkanes of at least 4 members (excludes halogenated alkanes) is 1. The Labute approximate surface area is 96.3 Å². The molecule has 0 aliphatic carbocycles. The Morgan fingerprint density at radius 1 is 1.19 bits per heavy atom. The molecule has 2 nitrogen and oxygen atoms in total. The zero-order chi connectivity index (χ0) is 11.4. The van der Waals surface area contributed by atoms with Gasteiger partial charge < -0.3 is 4.42 Å². The van der Waals surface area contributed by atoms with Gasteiger partial charge in [0.1, 0.15) is 5.76 Å². The number of hydrogen-bond donors (Lipinski definition) is 0. The topological polar surface area (TPSA) is 26.0 Å². The number of rotatable bonds is 4. The average molecular weight is 215 g/mol. The van der Waals surface area contributed by atoms with Crippen LogP contribution in [0.3, 0.4) is 0 Å². The Bertz CT molecular complexity index is 445. The van der Waals surface area contributed by atoms with Gasteiger partial charge >= 0.3 is 0 Å². The fourth-order valence-electron chi connectivity index (χ4n) is 1.70. The van der Waals surface area contributed by atoms with Crippen LogP contribution in [0.25, 0.3) is 11.5 Å². The predicted octanol–water partition coefficient (Wildman–Crippen LogP) is 3.99.